The lowest BCUT2D eigenvalue weighted by Gasteiger charge is -2.49. The fourth-order valence-corrected chi connectivity index (χ4v) is 5.28. The van der Waals surface area contributed by atoms with Gasteiger partial charge in [0.15, 0.2) is 0 Å². The summed E-state index contributed by atoms with van der Waals surface area (Å²) in [5.41, 5.74) is 3.85. The normalized spacial score (nSPS) is 19.4. The molecule has 1 N–H and O–H groups in total. The van der Waals surface area contributed by atoms with Crippen LogP contribution in [-0.2, 0) is 23.8 Å². The molecule has 2 unspecified atom stereocenters. The summed E-state index contributed by atoms with van der Waals surface area (Å²) in [5.74, 6) is -0.590. The topological polar surface area (TPSA) is 48.5 Å². The Morgan fingerprint density at radius 1 is 1.08 bits per heavy atom. The van der Waals surface area contributed by atoms with Gasteiger partial charge in [0.05, 0.1) is 17.5 Å². The van der Waals surface area contributed by atoms with Gasteiger partial charge in [-0.1, -0.05) is 23.8 Å². The van der Waals surface area contributed by atoms with E-state index in [1.807, 2.05) is 25.1 Å². The number of hydrogen-bond donors (Lipinski definition) is 1. The van der Waals surface area contributed by atoms with Crippen LogP contribution < -0.4 is 15.1 Å². The van der Waals surface area contributed by atoms with Gasteiger partial charge in [-0.2, -0.15) is 13.2 Å². The molecule has 2 aliphatic rings. The average Bonchev–Trinajstić information content (AvgIpc) is 2.88. The van der Waals surface area contributed by atoms with Gasteiger partial charge in [-0.15, -0.1) is 0 Å². The Balaban J connectivity index is 1.40. The number of hydrogen-bond acceptors (Lipinski definition) is 4. The largest absolute Gasteiger partial charge is 0.416 e. The van der Waals surface area contributed by atoms with Gasteiger partial charge in [-0.25, -0.2) is 0 Å². The van der Waals surface area contributed by atoms with Crippen molar-refractivity contribution in [1.82, 2.24) is 10.3 Å². The molecule has 3 heterocycles. The van der Waals surface area contributed by atoms with E-state index in [9.17, 15) is 18.0 Å². The van der Waals surface area contributed by atoms with Crippen LogP contribution in [0.2, 0.25) is 0 Å². The Kier molecular flexibility index (Phi) is 6.60. The molecule has 3 aromatic rings. The quantitative estimate of drug-likeness (QED) is 0.562. The molecule has 1 saturated heterocycles. The van der Waals surface area contributed by atoms with E-state index < -0.39 is 17.7 Å². The monoisotopic (exact) mass is 494 g/mol. The van der Waals surface area contributed by atoms with E-state index in [1.54, 1.807) is 12.3 Å². The van der Waals surface area contributed by atoms with Gasteiger partial charge in [0, 0.05) is 55.9 Å². The van der Waals surface area contributed by atoms with Gasteiger partial charge < -0.3 is 15.1 Å². The van der Waals surface area contributed by atoms with Gasteiger partial charge in [-0.3, -0.25) is 9.78 Å². The number of halogens is 3. The molecule has 0 spiro atoms. The smallest absolute Gasteiger partial charge is 0.368 e. The Bertz CT molecular complexity index is 1210. The molecule has 36 heavy (non-hydrogen) atoms. The van der Waals surface area contributed by atoms with Crippen molar-refractivity contribution in [3.8, 4) is 0 Å². The molecule has 5 rings (SSSR count). The van der Waals surface area contributed by atoms with Gasteiger partial charge in [0.1, 0.15) is 0 Å². The number of piperazine rings is 1. The predicted octanol–water partition coefficient (Wildman–Crippen LogP) is 4.64. The van der Waals surface area contributed by atoms with Crippen LogP contribution in [0.5, 0.6) is 0 Å². The maximum absolute atomic E-state index is 13.4. The number of alkyl halides is 3. The number of carbonyl (C=O) groups excluding carboxylic acids is 1. The van der Waals surface area contributed by atoms with Crippen molar-refractivity contribution in [2.24, 2.45) is 5.92 Å². The van der Waals surface area contributed by atoms with Crippen molar-refractivity contribution in [3.05, 3.63) is 89.2 Å². The number of nitrogens with zero attached hydrogens (tertiary/aromatic N) is 3. The number of carbonyl (C=O) groups is 1. The Hall–Kier alpha value is -3.55. The van der Waals surface area contributed by atoms with Gasteiger partial charge in [0.2, 0.25) is 5.91 Å². The summed E-state index contributed by atoms with van der Waals surface area (Å²) in [6.45, 7) is 4.46. The summed E-state index contributed by atoms with van der Waals surface area (Å²) in [6, 6.07) is 17.7. The summed E-state index contributed by atoms with van der Waals surface area (Å²) in [5, 5.41) is 3.03. The number of anilines is 2. The summed E-state index contributed by atoms with van der Waals surface area (Å²) >= 11 is 0. The summed E-state index contributed by atoms with van der Waals surface area (Å²) in [7, 11) is 0. The number of pyridine rings is 1. The first-order valence-corrected chi connectivity index (χ1v) is 12.3. The van der Waals surface area contributed by atoms with Crippen LogP contribution in [0.1, 0.15) is 22.4 Å². The number of nitrogens with one attached hydrogen (secondary N) is 1. The standard InChI is InChI=1S/C28H29F3N4O/c1-19-5-8-23(9-6-19)34-14-15-35-25-10-7-21(28(29,30)31)16-20(25)17-24(26(35)18-34)27(36)33-13-11-22-4-2-3-12-32-22/h2-10,12,16,24,26H,11,13-15,17-18H2,1H3,(H,33,36). The average molecular weight is 495 g/mol. The third kappa shape index (κ3) is 5.03. The molecule has 0 bridgehead atoms. The molecule has 1 fully saturated rings. The maximum Gasteiger partial charge on any atom is 0.416 e. The molecular formula is C28H29F3N4O. The van der Waals surface area contributed by atoms with Gasteiger partial charge >= 0.3 is 6.18 Å². The molecule has 0 saturated carbocycles. The van der Waals surface area contributed by atoms with E-state index in [2.05, 4.69) is 44.4 Å². The Morgan fingerprint density at radius 2 is 1.89 bits per heavy atom. The second kappa shape index (κ2) is 9.84. The number of aromatic nitrogens is 1. The molecule has 8 heteroatoms. The van der Waals surface area contributed by atoms with Crippen molar-refractivity contribution in [2.45, 2.75) is 32.0 Å². The van der Waals surface area contributed by atoms with Crippen molar-refractivity contribution in [1.29, 1.82) is 0 Å². The van der Waals surface area contributed by atoms with Crippen LogP contribution in [0.4, 0.5) is 24.5 Å². The lowest BCUT2D eigenvalue weighted by atomic mass is 9.82. The Labute approximate surface area is 208 Å². The number of benzene rings is 2. The van der Waals surface area contributed by atoms with Crippen LogP contribution in [0.15, 0.2) is 66.9 Å². The predicted molar refractivity (Wildman–Crippen MR) is 134 cm³/mol. The summed E-state index contributed by atoms with van der Waals surface area (Å²) in [4.78, 5) is 22.1. The van der Waals surface area contributed by atoms with Crippen LogP contribution >= 0.6 is 0 Å². The molecule has 2 aromatic carbocycles. The minimum atomic E-state index is -4.42. The lowest BCUT2D eigenvalue weighted by Crippen LogP contribution is -2.61. The number of aryl methyl sites for hydroxylation is 1. The fourth-order valence-electron chi connectivity index (χ4n) is 5.28. The van der Waals surface area contributed by atoms with E-state index in [-0.39, 0.29) is 18.4 Å². The maximum atomic E-state index is 13.4. The van der Waals surface area contributed by atoms with Crippen LogP contribution in [0.3, 0.4) is 0 Å². The molecule has 188 valence electrons. The second-order valence-corrected chi connectivity index (χ2v) is 9.56. The summed E-state index contributed by atoms with van der Waals surface area (Å²) < 4.78 is 40.3. The Morgan fingerprint density at radius 3 is 2.61 bits per heavy atom. The lowest BCUT2D eigenvalue weighted by molar-refractivity contribution is -0.137. The first-order chi connectivity index (χ1) is 17.3. The zero-order valence-electron chi connectivity index (χ0n) is 20.1. The van der Waals surface area contributed by atoms with Crippen LogP contribution in [0, 0.1) is 12.8 Å². The SMILES string of the molecule is Cc1ccc(N2CCN3c4ccc(C(F)(F)F)cc4CC(C(=O)NCCc4ccccn4)C3C2)cc1. The highest BCUT2D eigenvalue weighted by atomic mass is 19.4. The number of fused-ring (bicyclic) bond motifs is 3. The minimum Gasteiger partial charge on any atom is -0.368 e. The van der Waals surface area contributed by atoms with E-state index in [0.717, 1.165) is 29.7 Å². The van der Waals surface area contributed by atoms with Crippen molar-refractivity contribution in [2.75, 3.05) is 36.0 Å². The highest BCUT2D eigenvalue weighted by molar-refractivity contribution is 5.82. The van der Waals surface area contributed by atoms with Crippen molar-refractivity contribution in [3.63, 3.8) is 0 Å². The third-order valence-corrected chi connectivity index (χ3v) is 7.18. The van der Waals surface area contributed by atoms with Gasteiger partial charge in [-0.05, 0) is 61.4 Å². The molecule has 1 amide bonds. The van der Waals surface area contributed by atoms with Crippen molar-refractivity contribution < 1.29 is 18.0 Å². The van der Waals surface area contributed by atoms with E-state index in [1.165, 1.54) is 11.6 Å². The molecular weight excluding hydrogens is 465 g/mol. The third-order valence-electron chi connectivity index (χ3n) is 7.18. The zero-order valence-corrected chi connectivity index (χ0v) is 20.1. The van der Waals surface area contributed by atoms with E-state index in [0.29, 0.717) is 31.6 Å². The molecule has 0 aliphatic carbocycles. The van der Waals surface area contributed by atoms with Gasteiger partial charge in [0.25, 0.3) is 0 Å². The van der Waals surface area contributed by atoms with Crippen LogP contribution in [-0.4, -0.2) is 43.1 Å². The molecule has 0 radical (unpaired) electrons. The van der Waals surface area contributed by atoms with Crippen molar-refractivity contribution >= 4 is 17.3 Å². The highest BCUT2D eigenvalue weighted by Gasteiger charge is 2.42. The number of amides is 1. The summed E-state index contributed by atoms with van der Waals surface area (Å²) in [6.07, 6.45) is -1.83. The highest BCUT2D eigenvalue weighted by Crippen LogP contribution is 2.40. The van der Waals surface area contributed by atoms with E-state index in [4.69, 9.17) is 0 Å². The molecule has 1 aromatic heterocycles. The second-order valence-electron chi connectivity index (χ2n) is 9.56. The molecule has 5 nitrogen and oxygen atoms in total. The minimum absolute atomic E-state index is 0.130. The van der Waals surface area contributed by atoms with Crippen LogP contribution in [0.25, 0.3) is 0 Å². The molecule has 2 atom stereocenters. The first-order valence-electron chi connectivity index (χ1n) is 12.3. The number of rotatable bonds is 5. The first kappa shape index (κ1) is 24.2. The molecule has 2 aliphatic heterocycles. The van der Waals surface area contributed by atoms with E-state index >= 15 is 0 Å². The zero-order chi connectivity index (χ0) is 25.3. The fraction of sp³-hybridized carbons (Fsp3) is 0.357.